The number of halogens is 3. The van der Waals surface area contributed by atoms with E-state index >= 15 is 0 Å². The molecule has 118 valence electrons. The average Bonchev–Trinajstić information content (AvgIpc) is 2.83. The van der Waals surface area contributed by atoms with Gasteiger partial charge in [-0.15, -0.1) is 11.3 Å². The molecule has 0 aliphatic heterocycles. The molecule has 0 radical (unpaired) electrons. The molecule has 0 spiro atoms. The Morgan fingerprint density at radius 3 is 2.68 bits per heavy atom. The summed E-state index contributed by atoms with van der Waals surface area (Å²) in [6.45, 7) is 2.31. The normalized spacial score (nSPS) is 11.5. The van der Waals surface area contributed by atoms with Crippen LogP contribution in [0.25, 0.3) is 0 Å². The van der Waals surface area contributed by atoms with Crippen LogP contribution < -0.4 is 5.32 Å². The molecule has 2 rings (SSSR count). The van der Waals surface area contributed by atoms with Crippen LogP contribution in [0.1, 0.15) is 15.4 Å². The zero-order chi connectivity index (χ0) is 16.3. The number of nitrogens with zero attached hydrogens (tertiary/aromatic N) is 2. The van der Waals surface area contributed by atoms with Gasteiger partial charge < -0.3 is 5.32 Å². The zero-order valence-electron chi connectivity index (χ0n) is 11.5. The smallest absolute Gasteiger partial charge is 0.385 e. The molecule has 0 amide bonds. The van der Waals surface area contributed by atoms with Crippen molar-refractivity contribution in [2.75, 3.05) is 11.9 Å². The minimum atomic E-state index is -4.77. The number of thiazole rings is 1. The van der Waals surface area contributed by atoms with Crippen LogP contribution in [0.5, 0.6) is 0 Å². The van der Waals surface area contributed by atoms with Crippen LogP contribution in [0.15, 0.2) is 24.4 Å². The van der Waals surface area contributed by atoms with Crippen LogP contribution in [0, 0.1) is 17.0 Å². The lowest BCUT2D eigenvalue weighted by Gasteiger charge is -2.10. The van der Waals surface area contributed by atoms with Crippen molar-refractivity contribution in [3.8, 4) is 0 Å². The molecule has 0 saturated carbocycles. The number of nitrogens with one attached hydrogen (secondary N) is 1. The largest absolute Gasteiger partial charge is 0.423 e. The summed E-state index contributed by atoms with van der Waals surface area (Å²) >= 11 is 1.52. The maximum Gasteiger partial charge on any atom is 0.423 e. The van der Waals surface area contributed by atoms with Crippen molar-refractivity contribution in [1.82, 2.24) is 4.98 Å². The molecule has 1 N–H and O–H groups in total. The van der Waals surface area contributed by atoms with Crippen LogP contribution in [0.4, 0.5) is 24.5 Å². The van der Waals surface area contributed by atoms with E-state index in [-0.39, 0.29) is 5.69 Å². The Bertz CT molecular complexity index is 685. The zero-order valence-corrected chi connectivity index (χ0v) is 12.3. The van der Waals surface area contributed by atoms with E-state index in [1.165, 1.54) is 17.4 Å². The van der Waals surface area contributed by atoms with Crippen molar-refractivity contribution in [3.63, 3.8) is 0 Å². The van der Waals surface area contributed by atoms with Gasteiger partial charge in [-0.3, -0.25) is 10.1 Å². The molecule has 9 heteroatoms. The lowest BCUT2D eigenvalue weighted by atomic mass is 10.1. The minimum Gasteiger partial charge on any atom is -0.385 e. The third kappa shape index (κ3) is 3.94. The van der Waals surface area contributed by atoms with Crippen LogP contribution >= 0.6 is 11.3 Å². The number of alkyl halides is 3. The molecule has 0 aliphatic carbocycles. The summed E-state index contributed by atoms with van der Waals surface area (Å²) in [7, 11) is 0. The van der Waals surface area contributed by atoms with Gasteiger partial charge in [0.2, 0.25) is 0 Å². The lowest BCUT2D eigenvalue weighted by Crippen LogP contribution is -2.11. The number of aromatic nitrogens is 1. The number of nitro groups is 1. The lowest BCUT2D eigenvalue weighted by molar-refractivity contribution is -0.388. The first-order valence-corrected chi connectivity index (χ1v) is 7.10. The summed E-state index contributed by atoms with van der Waals surface area (Å²) in [6, 6.07) is 2.88. The topological polar surface area (TPSA) is 68.1 Å². The van der Waals surface area contributed by atoms with Gasteiger partial charge in [-0.2, -0.15) is 13.2 Å². The van der Waals surface area contributed by atoms with E-state index in [1.54, 1.807) is 6.20 Å². The standard InChI is InChI=1S/C13H12F3N3O2S/c1-8-7-18-12(22-8)4-5-17-9-2-3-11(19(20)21)10(6-9)13(14,15)16/h2-3,6-7,17H,4-5H2,1H3. The maximum atomic E-state index is 12.8. The summed E-state index contributed by atoms with van der Waals surface area (Å²) in [6.07, 6.45) is -2.48. The number of rotatable bonds is 5. The molecule has 1 aromatic carbocycles. The number of hydrogen-bond acceptors (Lipinski definition) is 5. The summed E-state index contributed by atoms with van der Waals surface area (Å²) in [5, 5.41) is 14.4. The molecule has 1 aromatic heterocycles. The highest BCUT2D eigenvalue weighted by Crippen LogP contribution is 2.37. The maximum absolute atomic E-state index is 12.8. The van der Waals surface area contributed by atoms with Crippen LogP contribution in [-0.2, 0) is 12.6 Å². The third-order valence-electron chi connectivity index (χ3n) is 2.84. The molecule has 0 atom stereocenters. The third-order valence-corrected chi connectivity index (χ3v) is 3.81. The summed E-state index contributed by atoms with van der Waals surface area (Å²) in [4.78, 5) is 14.8. The molecule has 1 heterocycles. The molecular formula is C13H12F3N3O2S. The van der Waals surface area contributed by atoms with Crippen molar-refractivity contribution < 1.29 is 18.1 Å². The van der Waals surface area contributed by atoms with Crippen molar-refractivity contribution >= 4 is 22.7 Å². The fourth-order valence-electron chi connectivity index (χ4n) is 1.86. The molecule has 2 aromatic rings. The SMILES string of the molecule is Cc1cnc(CCNc2ccc([N+](=O)[O-])c(C(F)(F)F)c2)s1. The van der Waals surface area contributed by atoms with E-state index in [9.17, 15) is 23.3 Å². The molecule has 0 unspecified atom stereocenters. The summed E-state index contributed by atoms with van der Waals surface area (Å²) in [5.41, 5.74) is -2.02. The van der Waals surface area contributed by atoms with E-state index < -0.39 is 22.4 Å². The fourth-order valence-corrected chi connectivity index (χ4v) is 2.65. The van der Waals surface area contributed by atoms with Crippen molar-refractivity contribution in [2.24, 2.45) is 0 Å². The molecule has 0 fully saturated rings. The highest BCUT2D eigenvalue weighted by Gasteiger charge is 2.38. The average molecular weight is 331 g/mol. The monoisotopic (exact) mass is 331 g/mol. The van der Waals surface area contributed by atoms with E-state index in [0.29, 0.717) is 13.0 Å². The Morgan fingerprint density at radius 2 is 2.14 bits per heavy atom. The molecule has 0 bridgehead atoms. The number of anilines is 1. The number of nitro benzene ring substituents is 1. The molecule has 0 aliphatic rings. The second-order valence-corrected chi connectivity index (χ2v) is 5.85. The van der Waals surface area contributed by atoms with Gasteiger partial charge in [0.05, 0.1) is 9.93 Å². The van der Waals surface area contributed by atoms with Gasteiger partial charge in [-0.25, -0.2) is 4.98 Å². The molecular weight excluding hydrogens is 319 g/mol. The Morgan fingerprint density at radius 1 is 1.41 bits per heavy atom. The van der Waals surface area contributed by atoms with Crippen LogP contribution in [0.2, 0.25) is 0 Å². The first kappa shape index (κ1) is 16.2. The predicted molar refractivity (Wildman–Crippen MR) is 77.1 cm³/mol. The van der Waals surface area contributed by atoms with E-state index in [4.69, 9.17) is 0 Å². The highest BCUT2D eigenvalue weighted by molar-refractivity contribution is 7.11. The highest BCUT2D eigenvalue weighted by atomic mass is 32.1. The van der Waals surface area contributed by atoms with E-state index in [1.807, 2.05) is 6.92 Å². The number of hydrogen-bond donors (Lipinski definition) is 1. The number of aryl methyl sites for hydroxylation is 1. The predicted octanol–water partition coefficient (Wildman–Crippen LogP) is 4.03. The van der Waals surface area contributed by atoms with Gasteiger partial charge >= 0.3 is 6.18 Å². The van der Waals surface area contributed by atoms with Gasteiger partial charge in [-0.05, 0) is 19.1 Å². The Labute approximate surface area is 128 Å². The Hall–Kier alpha value is -2.16. The fraction of sp³-hybridized carbons (Fsp3) is 0.308. The van der Waals surface area contributed by atoms with Crippen molar-refractivity contribution in [2.45, 2.75) is 19.5 Å². The Balaban J connectivity index is 2.10. The number of benzene rings is 1. The first-order chi connectivity index (χ1) is 10.3. The summed E-state index contributed by atoms with van der Waals surface area (Å²) in [5.74, 6) is 0. The van der Waals surface area contributed by atoms with Crippen LogP contribution in [-0.4, -0.2) is 16.5 Å². The quantitative estimate of drug-likeness (QED) is 0.663. The van der Waals surface area contributed by atoms with Gasteiger partial charge in [0.25, 0.3) is 5.69 Å². The minimum absolute atomic E-state index is 0.186. The first-order valence-electron chi connectivity index (χ1n) is 6.28. The van der Waals surface area contributed by atoms with E-state index in [0.717, 1.165) is 22.0 Å². The van der Waals surface area contributed by atoms with Gasteiger partial charge in [0.1, 0.15) is 5.56 Å². The second kappa shape index (κ2) is 6.30. The van der Waals surface area contributed by atoms with Crippen molar-refractivity contribution in [3.05, 3.63) is 50.0 Å². The van der Waals surface area contributed by atoms with E-state index in [2.05, 4.69) is 10.3 Å². The second-order valence-electron chi connectivity index (χ2n) is 4.53. The van der Waals surface area contributed by atoms with Crippen molar-refractivity contribution in [1.29, 1.82) is 0 Å². The Kier molecular flexibility index (Phi) is 4.65. The van der Waals surface area contributed by atoms with Crippen LogP contribution in [0.3, 0.4) is 0 Å². The molecule has 5 nitrogen and oxygen atoms in total. The molecule has 0 saturated heterocycles. The van der Waals surface area contributed by atoms with Gasteiger partial charge in [-0.1, -0.05) is 0 Å². The molecule has 22 heavy (non-hydrogen) atoms. The van der Waals surface area contributed by atoms with Gasteiger partial charge in [0, 0.05) is 35.8 Å². The van der Waals surface area contributed by atoms with Gasteiger partial charge in [0.15, 0.2) is 0 Å². The summed E-state index contributed by atoms with van der Waals surface area (Å²) < 4.78 is 38.5.